The van der Waals surface area contributed by atoms with E-state index in [2.05, 4.69) is 137 Å². The fraction of sp³-hybridized carbons (Fsp3) is 0.667. The van der Waals surface area contributed by atoms with Gasteiger partial charge in [0.25, 0.3) is 0 Å². The molecule has 0 amide bonds. The van der Waals surface area contributed by atoms with Gasteiger partial charge >= 0.3 is 12.3 Å². The topological polar surface area (TPSA) is 89.5 Å². The molecular weight excluding hydrogens is 1110 g/mol. The van der Waals surface area contributed by atoms with Crippen LogP contribution in [-0.4, -0.2) is 59.1 Å². The highest BCUT2D eigenvalue weighted by molar-refractivity contribution is 9.12. The molecule has 56 heavy (non-hydrogen) atoms. The number of hydrogen-bond donors (Lipinski definition) is 0. The minimum atomic E-state index is -0.833. The molecular formula is C42H56Br6O8. The number of rotatable bonds is 15. The molecule has 14 heteroatoms. The van der Waals surface area contributed by atoms with Crippen molar-refractivity contribution in [3.05, 3.63) is 32.2 Å². The van der Waals surface area contributed by atoms with Gasteiger partial charge in [-0.05, 0) is 129 Å². The third-order valence-corrected chi connectivity index (χ3v) is 17.6. The third-order valence-electron chi connectivity index (χ3n) is 11.2. The molecule has 2 saturated carbocycles. The van der Waals surface area contributed by atoms with Crippen molar-refractivity contribution in [2.75, 3.05) is 24.9 Å². The summed E-state index contributed by atoms with van der Waals surface area (Å²) in [7, 11) is 3.07. The molecule has 0 spiro atoms. The number of carbonyl (C=O) groups excluding carboxylic acids is 2. The van der Waals surface area contributed by atoms with E-state index in [0.717, 1.165) is 49.7 Å². The van der Waals surface area contributed by atoms with E-state index in [4.69, 9.17) is 28.4 Å². The molecule has 8 atom stereocenters. The van der Waals surface area contributed by atoms with E-state index in [0.29, 0.717) is 78.7 Å². The number of methoxy groups -OCH3 is 2. The van der Waals surface area contributed by atoms with Crippen LogP contribution in [0.25, 0.3) is 11.1 Å². The summed E-state index contributed by atoms with van der Waals surface area (Å²) in [6.07, 6.45) is 4.54. The number of alkyl halides is 4. The van der Waals surface area contributed by atoms with E-state index in [-0.39, 0.29) is 45.2 Å². The summed E-state index contributed by atoms with van der Waals surface area (Å²) < 4.78 is 38.1. The van der Waals surface area contributed by atoms with Crippen molar-refractivity contribution in [1.29, 1.82) is 0 Å². The first kappa shape index (κ1) is 48.1. The summed E-state index contributed by atoms with van der Waals surface area (Å²) in [4.78, 5) is 28.1. The zero-order chi connectivity index (χ0) is 41.4. The Labute approximate surface area is 384 Å². The Morgan fingerprint density at radius 1 is 0.661 bits per heavy atom. The van der Waals surface area contributed by atoms with Crippen LogP contribution in [0.5, 0.6) is 23.0 Å². The predicted octanol–water partition coefficient (Wildman–Crippen LogP) is 14.2. The highest BCUT2D eigenvalue weighted by atomic mass is 79.9. The van der Waals surface area contributed by atoms with Gasteiger partial charge in [-0.3, -0.25) is 0 Å². The lowest BCUT2D eigenvalue weighted by molar-refractivity contribution is -0.0148. The zero-order valence-corrected chi connectivity index (χ0v) is 43.0. The lowest BCUT2D eigenvalue weighted by Crippen LogP contribution is -2.36. The SMILES string of the molecule is COc1cc(C[C@H](Br)CBr)c(Br)c(-c2c(Br)c(C[C@H](Br)CBr)cc(OC)c2OC(=O)OC2CC(C)CCC2C(C)C)c1OC(=O)OC1CC(C)CCC1C(C)C. The molecule has 2 aliphatic carbocycles. The van der Waals surface area contributed by atoms with Gasteiger partial charge in [0.15, 0.2) is 23.0 Å². The van der Waals surface area contributed by atoms with Gasteiger partial charge < -0.3 is 28.4 Å². The third kappa shape index (κ3) is 12.3. The van der Waals surface area contributed by atoms with E-state index in [9.17, 15) is 9.59 Å². The second-order valence-corrected chi connectivity index (χ2v) is 21.6. The minimum absolute atomic E-state index is 0.0595. The Balaban J connectivity index is 1.94. The normalized spacial score (nSPS) is 23.7. The van der Waals surface area contributed by atoms with Crippen LogP contribution in [-0.2, 0) is 22.3 Å². The molecule has 2 aromatic rings. The lowest BCUT2D eigenvalue weighted by atomic mass is 9.75. The molecule has 0 saturated heterocycles. The summed E-state index contributed by atoms with van der Waals surface area (Å²) in [6, 6.07) is 3.71. The molecule has 8 nitrogen and oxygen atoms in total. The minimum Gasteiger partial charge on any atom is -0.493 e. The highest BCUT2D eigenvalue weighted by Gasteiger charge is 2.38. The van der Waals surface area contributed by atoms with Gasteiger partial charge in [0, 0.05) is 40.4 Å². The van der Waals surface area contributed by atoms with Crippen molar-refractivity contribution in [1.82, 2.24) is 0 Å². The first-order valence-corrected chi connectivity index (χ1v) is 25.1. The number of hydrogen-bond acceptors (Lipinski definition) is 8. The molecule has 0 bridgehead atoms. The van der Waals surface area contributed by atoms with Crippen LogP contribution >= 0.6 is 95.6 Å². The Morgan fingerprint density at radius 2 is 1.02 bits per heavy atom. The molecule has 4 rings (SSSR count). The molecule has 0 aliphatic heterocycles. The van der Waals surface area contributed by atoms with Gasteiger partial charge in [-0.2, -0.15) is 0 Å². The lowest BCUT2D eigenvalue weighted by Gasteiger charge is -2.36. The highest BCUT2D eigenvalue weighted by Crippen LogP contribution is 2.55. The average molecular weight is 1170 g/mol. The monoisotopic (exact) mass is 1160 g/mol. The van der Waals surface area contributed by atoms with Crippen LogP contribution in [0.15, 0.2) is 21.1 Å². The van der Waals surface area contributed by atoms with Gasteiger partial charge in [0.05, 0.1) is 14.2 Å². The van der Waals surface area contributed by atoms with Crippen molar-refractivity contribution in [2.24, 2.45) is 35.5 Å². The Hall–Kier alpha value is -0.540. The summed E-state index contributed by atoms with van der Waals surface area (Å²) in [5.74, 6) is 2.77. The van der Waals surface area contributed by atoms with Crippen LogP contribution in [0, 0.1) is 35.5 Å². The van der Waals surface area contributed by atoms with E-state index in [1.807, 2.05) is 12.1 Å². The van der Waals surface area contributed by atoms with Gasteiger partial charge in [-0.25, -0.2) is 9.59 Å². The van der Waals surface area contributed by atoms with Crippen LogP contribution in [0.2, 0.25) is 0 Å². The van der Waals surface area contributed by atoms with Crippen LogP contribution in [0.3, 0.4) is 0 Å². The van der Waals surface area contributed by atoms with Crippen molar-refractivity contribution >= 4 is 108 Å². The number of benzene rings is 2. The van der Waals surface area contributed by atoms with E-state index in [1.165, 1.54) is 14.2 Å². The standard InChI is InChI=1S/C42H56Br6O8/c1-21(2)29-11-9-23(5)13-31(29)53-41(49)55-39-33(51-7)17-25(15-27(45)19-43)37(47)35(39)36-38(48)26(16-28(46)20-44)18-34(52-8)40(36)56-42(50)54-32-14-24(6)10-12-30(32)22(3)4/h17-18,21-24,27-32H,9-16,19-20H2,1-8H3/t23?,24?,27-,28-,29?,30?,31?,32?/m0/s1. The molecule has 2 aromatic carbocycles. The van der Waals surface area contributed by atoms with Crippen LogP contribution in [0.4, 0.5) is 9.59 Å². The Morgan fingerprint density at radius 3 is 1.32 bits per heavy atom. The molecule has 2 fully saturated rings. The van der Waals surface area contributed by atoms with Crippen molar-refractivity contribution in [2.45, 2.75) is 115 Å². The maximum absolute atomic E-state index is 14.0. The van der Waals surface area contributed by atoms with Crippen molar-refractivity contribution in [3.63, 3.8) is 0 Å². The van der Waals surface area contributed by atoms with Crippen LogP contribution < -0.4 is 18.9 Å². The maximum Gasteiger partial charge on any atom is 0.514 e. The first-order valence-electron chi connectivity index (χ1n) is 19.5. The Bertz CT molecular complexity index is 1530. The molecule has 0 heterocycles. The summed E-state index contributed by atoms with van der Waals surface area (Å²) in [5, 5.41) is 1.37. The molecule has 2 aliphatic rings. The van der Waals surface area contributed by atoms with E-state index in [1.54, 1.807) is 0 Å². The number of ether oxygens (including phenoxy) is 6. The van der Waals surface area contributed by atoms with E-state index < -0.39 is 12.3 Å². The summed E-state index contributed by atoms with van der Waals surface area (Å²) >= 11 is 22.6. The van der Waals surface area contributed by atoms with E-state index >= 15 is 0 Å². The zero-order valence-electron chi connectivity index (χ0n) is 33.5. The second-order valence-electron chi connectivity index (χ2n) is 16.1. The Kier molecular flexibility index (Phi) is 19.2. The maximum atomic E-state index is 14.0. The smallest absolute Gasteiger partial charge is 0.493 e. The molecule has 0 aromatic heterocycles. The van der Waals surface area contributed by atoms with Gasteiger partial charge in [-0.1, -0.05) is 118 Å². The summed E-state index contributed by atoms with van der Waals surface area (Å²) in [6.45, 7) is 13.0. The predicted molar refractivity (Wildman–Crippen MR) is 245 cm³/mol. The second kappa shape index (κ2) is 22.3. The van der Waals surface area contributed by atoms with Crippen molar-refractivity contribution < 1.29 is 38.0 Å². The number of halogens is 6. The molecule has 314 valence electrons. The largest absolute Gasteiger partial charge is 0.514 e. The average Bonchev–Trinajstić information content (AvgIpc) is 3.14. The van der Waals surface area contributed by atoms with Crippen LogP contribution in [0.1, 0.15) is 91.2 Å². The quantitative estimate of drug-likeness (QED) is 0.0990. The van der Waals surface area contributed by atoms with Crippen molar-refractivity contribution in [3.8, 4) is 34.1 Å². The van der Waals surface area contributed by atoms with Gasteiger partial charge in [0.1, 0.15) is 12.2 Å². The van der Waals surface area contributed by atoms with Gasteiger partial charge in [-0.15, -0.1) is 0 Å². The van der Waals surface area contributed by atoms with Gasteiger partial charge in [0.2, 0.25) is 0 Å². The molecule has 6 unspecified atom stereocenters. The fourth-order valence-corrected chi connectivity index (χ4v) is 10.6. The molecule has 0 N–H and O–H groups in total. The number of carbonyl (C=O) groups is 2. The fourth-order valence-electron chi connectivity index (χ4n) is 8.14. The first-order chi connectivity index (χ1) is 26.5. The molecule has 0 radical (unpaired) electrons. The summed E-state index contributed by atoms with van der Waals surface area (Å²) in [5.41, 5.74) is 2.57.